The Hall–Kier alpha value is -1.18. The zero-order valence-electron chi connectivity index (χ0n) is 11.1. The molecule has 112 valence electrons. The van der Waals surface area contributed by atoms with Crippen molar-refractivity contribution in [3.63, 3.8) is 0 Å². The molecule has 0 unspecified atom stereocenters. The quantitative estimate of drug-likeness (QED) is 0.618. The molecule has 20 heavy (non-hydrogen) atoms. The SMILES string of the molecule is Nc1cc(F)ccc1S(=O)(=O)NCCOC1CCCC1. The van der Waals surface area contributed by atoms with Crippen molar-refractivity contribution in [3.8, 4) is 0 Å². The van der Waals surface area contributed by atoms with E-state index in [4.69, 9.17) is 10.5 Å². The summed E-state index contributed by atoms with van der Waals surface area (Å²) in [6.07, 6.45) is 4.66. The number of nitrogen functional groups attached to an aromatic ring is 1. The fourth-order valence-electron chi connectivity index (χ4n) is 2.30. The Labute approximate surface area is 118 Å². The van der Waals surface area contributed by atoms with Crippen LogP contribution in [0.2, 0.25) is 0 Å². The van der Waals surface area contributed by atoms with Gasteiger partial charge in [0.2, 0.25) is 10.0 Å². The molecular formula is C13H19FN2O3S. The molecule has 0 bridgehead atoms. The maximum atomic E-state index is 12.9. The lowest BCUT2D eigenvalue weighted by atomic mass is 10.3. The van der Waals surface area contributed by atoms with Crippen molar-refractivity contribution in [1.82, 2.24) is 4.72 Å². The monoisotopic (exact) mass is 302 g/mol. The van der Waals surface area contributed by atoms with E-state index >= 15 is 0 Å². The normalized spacial score (nSPS) is 16.6. The van der Waals surface area contributed by atoms with Crippen LogP contribution >= 0.6 is 0 Å². The Morgan fingerprint density at radius 2 is 2.05 bits per heavy atom. The predicted octanol–water partition coefficient (Wildman–Crippen LogP) is 1.65. The van der Waals surface area contributed by atoms with Gasteiger partial charge in [-0.25, -0.2) is 17.5 Å². The summed E-state index contributed by atoms with van der Waals surface area (Å²) in [6, 6.07) is 3.22. The summed E-state index contributed by atoms with van der Waals surface area (Å²) < 4.78 is 44.9. The lowest BCUT2D eigenvalue weighted by Crippen LogP contribution is -2.29. The first-order valence-electron chi connectivity index (χ1n) is 6.65. The molecule has 0 aromatic heterocycles. The van der Waals surface area contributed by atoms with E-state index in [0.717, 1.165) is 31.0 Å². The third-order valence-electron chi connectivity index (χ3n) is 3.31. The molecule has 1 aliphatic carbocycles. The van der Waals surface area contributed by atoms with Crippen molar-refractivity contribution in [2.45, 2.75) is 36.7 Å². The minimum Gasteiger partial charge on any atom is -0.398 e. The van der Waals surface area contributed by atoms with Crippen molar-refractivity contribution < 1.29 is 17.5 Å². The molecule has 0 radical (unpaired) electrons. The zero-order chi connectivity index (χ0) is 14.6. The van der Waals surface area contributed by atoms with E-state index < -0.39 is 15.8 Å². The summed E-state index contributed by atoms with van der Waals surface area (Å²) in [5, 5.41) is 0. The van der Waals surface area contributed by atoms with Crippen LogP contribution in [0.1, 0.15) is 25.7 Å². The van der Waals surface area contributed by atoms with E-state index in [2.05, 4.69) is 4.72 Å². The first-order valence-corrected chi connectivity index (χ1v) is 8.13. The highest BCUT2D eigenvalue weighted by molar-refractivity contribution is 7.89. The van der Waals surface area contributed by atoms with Crippen molar-refractivity contribution in [1.29, 1.82) is 0 Å². The van der Waals surface area contributed by atoms with E-state index in [1.807, 2.05) is 0 Å². The molecule has 0 amide bonds. The molecule has 0 atom stereocenters. The minimum atomic E-state index is -3.73. The van der Waals surface area contributed by atoms with Crippen LogP contribution in [-0.4, -0.2) is 27.7 Å². The van der Waals surface area contributed by atoms with Crippen LogP contribution in [0, 0.1) is 5.82 Å². The molecule has 1 aliphatic rings. The van der Waals surface area contributed by atoms with Gasteiger partial charge in [0.15, 0.2) is 0 Å². The van der Waals surface area contributed by atoms with Crippen LogP contribution in [0.25, 0.3) is 0 Å². The first kappa shape index (κ1) is 15.2. The number of ether oxygens (including phenoxy) is 1. The molecule has 2 rings (SSSR count). The summed E-state index contributed by atoms with van der Waals surface area (Å²) in [5.41, 5.74) is 5.42. The van der Waals surface area contributed by atoms with Crippen LogP contribution in [-0.2, 0) is 14.8 Å². The fourth-order valence-corrected chi connectivity index (χ4v) is 3.42. The van der Waals surface area contributed by atoms with Gasteiger partial charge in [0, 0.05) is 6.54 Å². The summed E-state index contributed by atoms with van der Waals surface area (Å²) in [4.78, 5) is -0.111. The van der Waals surface area contributed by atoms with E-state index in [9.17, 15) is 12.8 Å². The van der Waals surface area contributed by atoms with Gasteiger partial charge in [0.05, 0.1) is 18.4 Å². The average molecular weight is 302 g/mol. The second kappa shape index (κ2) is 6.51. The van der Waals surface area contributed by atoms with Gasteiger partial charge in [0.1, 0.15) is 10.7 Å². The number of nitrogens with one attached hydrogen (secondary N) is 1. The summed E-state index contributed by atoms with van der Waals surface area (Å²) >= 11 is 0. The van der Waals surface area contributed by atoms with E-state index in [-0.39, 0.29) is 23.2 Å². The first-order chi connectivity index (χ1) is 9.49. The average Bonchev–Trinajstić information content (AvgIpc) is 2.87. The Bertz CT molecular complexity index is 557. The summed E-state index contributed by atoms with van der Waals surface area (Å²) in [6.45, 7) is 0.501. The predicted molar refractivity (Wildman–Crippen MR) is 74.2 cm³/mol. The molecule has 0 heterocycles. The van der Waals surface area contributed by atoms with Crippen LogP contribution < -0.4 is 10.5 Å². The number of sulfonamides is 1. The number of rotatable bonds is 6. The van der Waals surface area contributed by atoms with Crippen molar-refractivity contribution in [2.75, 3.05) is 18.9 Å². The van der Waals surface area contributed by atoms with Gasteiger partial charge in [0.25, 0.3) is 0 Å². The minimum absolute atomic E-state index is 0.103. The Morgan fingerprint density at radius 3 is 2.70 bits per heavy atom. The molecule has 1 aromatic carbocycles. The van der Waals surface area contributed by atoms with Crippen molar-refractivity contribution in [2.24, 2.45) is 0 Å². The van der Waals surface area contributed by atoms with Crippen molar-refractivity contribution >= 4 is 15.7 Å². The molecule has 0 spiro atoms. The molecule has 7 heteroatoms. The molecule has 1 saturated carbocycles. The number of benzene rings is 1. The number of nitrogens with two attached hydrogens (primary N) is 1. The number of anilines is 1. The lowest BCUT2D eigenvalue weighted by Gasteiger charge is -2.12. The fraction of sp³-hybridized carbons (Fsp3) is 0.538. The number of halogens is 1. The highest BCUT2D eigenvalue weighted by Gasteiger charge is 2.18. The van der Waals surface area contributed by atoms with Crippen molar-refractivity contribution in [3.05, 3.63) is 24.0 Å². The van der Waals surface area contributed by atoms with Gasteiger partial charge in [-0.2, -0.15) is 0 Å². The second-order valence-electron chi connectivity index (χ2n) is 4.86. The number of hydrogen-bond donors (Lipinski definition) is 2. The van der Waals surface area contributed by atoms with Gasteiger partial charge in [-0.3, -0.25) is 0 Å². The molecule has 0 aliphatic heterocycles. The highest BCUT2D eigenvalue weighted by Crippen LogP contribution is 2.21. The standard InChI is InChI=1S/C13H19FN2O3S/c14-10-5-6-13(12(15)9-10)20(17,18)16-7-8-19-11-3-1-2-4-11/h5-6,9,11,16H,1-4,7-8,15H2. The van der Waals surface area contributed by atoms with Gasteiger partial charge < -0.3 is 10.5 Å². The third-order valence-corrected chi connectivity index (χ3v) is 4.85. The van der Waals surface area contributed by atoms with Crippen LogP contribution in [0.5, 0.6) is 0 Å². The van der Waals surface area contributed by atoms with E-state index in [0.29, 0.717) is 6.61 Å². The molecule has 5 nitrogen and oxygen atoms in total. The largest absolute Gasteiger partial charge is 0.398 e. The topological polar surface area (TPSA) is 81.4 Å². The maximum absolute atomic E-state index is 12.9. The Morgan fingerprint density at radius 1 is 1.35 bits per heavy atom. The Balaban J connectivity index is 1.87. The van der Waals surface area contributed by atoms with E-state index in [1.165, 1.54) is 12.8 Å². The van der Waals surface area contributed by atoms with E-state index in [1.54, 1.807) is 0 Å². The Kier molecular flexibility index (Phi) is 4.95. The van der Waals surface area contributed by atoms with Gasteiger partial charge in [-0.05, 0) is 31.0 Å². The summed E-state index contributed by atoms with van der Waals surface area (Å²) in [7, 11) is -3.73. The van der Waals surface area contributed by atoms with Gasteiger partial charge >= 0.3 is 0 Å². The molecule has 1 fully saturated rings. The van der Waals surface area contributed by atoms with Crippen LogP contribution in [0.4, 0.5) is 10.1 Å². The molecular weight excluding hydrogens is 283 g/mol. The number of hydrogen-bond acceptors (Lipinski definition) is 4. The van der Waals surface area contributed by atoms with Gasteiger partial charge in [-0.1, -0.05) is 12.8 Å². The maximum Gasteiger partial charge on any atom is 0.242 e. The smallest absolute Gasteiger partial charge is 0.242 e. The lowest BCUT2D eigenvalue weighted by molar-refractivity contribution is 0.0626. The van der Waals surface area contributed by atoms with Gasteiger partial charge in [-0.15, -0.1) is 0 Å². The van der Waals surface area contributed by atoms with Crippen LogP contribution in [0.3, 0.4) is 0 Å². The molecule has 3 N–H and O–H groups in total. The third kappa shape index (κ3) is 3.91. The van der Waals surface area contributed by atoms with Crippen LogP contribution in [0.15, 0.2) is 23.1 Å². The highest BCUT2D eigenvalue weighted by atomic mass is 32.2. The zero-order valence-corrected chi connectivity index (χ0v) is 12.0. The summed E-state index contributed by atoms with van der Waals surface area (Å²) in [5.74, 6) is -0.564. The second-order valence-corrected chi connectivity index (χ2v) is 6.59. The molecule has 0 saturated heterocycles. The molecule has 1 aromatic rings.